The van der Waals surface area contributed by atoms with Crippen molar-refractivity contribution in [2.24, 2.45) is 0 Å². The van der Waals surface area contributed by atoms with Crippen LogP contribution in [0.1, 0.15) is 95.0 Å². The van der Waals surface area contributed by atoms with Gasteiger partial charge in [-0.25, -0.2) is 9.59 Å². The first kappa shape index (κ1) is 44.5. The number of benzene rings is 4. The van der Waals surface area contributed by atoms with Gasteiger partial charge in [0.25, 0.3) is 0 Å². The van der Waals surface area contributed by atoms with E-state index in [1.807, 2.05) is 36.4 Å². The molecular weight excluding hydrogens is 709 g/mol. The number of ether oxygens (including phenoxy) is 2. The van der Waals surface area contributed by atoms with Gasteiger partial charge in [-0.05, 0) is 86.0 Å². The van der Waals surface area contributed by atoms with E-state index in [1.54, 1.807) is 23.9 Å². The van der Waals surface area contributed by atoms with Crippen LogP contribution in [0.25, 0.3) is 10.9 Å². The molecule has 0 saturated carbocycles. The van der Waals surface area contributed by atoms with Gasteiger partial charge in [-0.1, -0.05) is 82.0 Å². The number of carbonyl (C=O) groups excluding carboxylic acids is 2. The summed E-state index contributed by atoms with van der Waals surface area (Å²) >= 11 is 0. The van der Waals surface area contributed by atoms with Crippen molar-refractivity contribution in [2.75, 3.05) is 47.8 Å². The molecule has 0 aliphatic carbocycles. The van der Waals surface area contributed by atoms with Gasteiger partial charge in [-0.3, -0.25) is 0 Å². The predicted octanol–water partition coefficient (Wildman–Crippen LogP) is 11.0. The average Bonchev–Trinajstić information content (AvgIpc) is 3.23. The van der Waals surface area contributed by atoms with Crippen LogP contribution in [0.3, 0.4) is 0 Å². The molecule has 4 aromatic carbocycles. The second-order valence-electron chi connectivity index (χ2n) is 15.7. The van der Waals surface area contributed by atoms with Gasteiger partial charge in [0, 0.05) is 69.2 Å². The average molecular weight is 775 g/mol. The van der Waals surface area contributed by atoms with Crippen LogP contribution >= 0.6 is 0 Å². The van der Waals surface area contributed by atoms with E-state index in [-0.39, 0.29) is 18.2 Å². The van der Waals surface area contributed by atoms with Gasteiger partial charge in [0.1, 0.15) is 17.5 Å². The summed E-state index contributed by atoms with van der Waals surface area (Å²) in [6.07, 6.45) is 9.10. The van der Waals surface area contributed by atoms with Crippen molar-refractivity contribution in [1.82, 2.24) is 9.80 Å². The van der Waals surface area contributed by atoms with Crippen molar-refractivity contribution in [3.8, 4) is 11.5 Å². The van der Waals surface area contributed by atoms with Gasteiger partial charge in [0.15, 0.2) is 12.2 Å². The standard InChI is InChI=1S/C25H37N2O2.C24H29N2O2/c1-6-7-11-19-26(3)25(28)29-24-16-14-23(15-17-24)21(2)27(4,5)20-18-22-12-9-8-10-13-22;1-4-5-8-17-25(3)24(27)28-22-15-13-20(14-16-22)19(2)26-18-9-11-21-10-6-7-12-23(21)26/h8-10,12-17,21H,6-7,11,18-20H2,1-5H3;6-7,9-16,18-19H,4-5,8,17H2,1-3H3/q2*+1. The van der Waals surface area contributed by atoms with Crippen molar-refractivity contribution in [2.45, 2.75) is 84.7 Å². The minimum Gasteiger partial charge on any atom is -0.410 e. The quantitative estimate of drug-likeness (QED) is 0.0536. The molecule has 0 aliphatic heterocycles. The molecule has 304 valence electrons. The number of likely N-dealkylation sites (N-methyl/N-ethyl adjacent to an activating group) is 1. The molecule has 8 nitrogen and oxygen atoms in total. The molecule has 8 heteroatoms. The van der Waals surface area contributed by atoms with Crippen LogP contribution in [0, 0.1) is 0 Å². The largest absolute Gasteiger partial charge is 0.414 e. The second-order valence-corrected chi connectivity index (χ2v) is 15.7. The number of carbonyl (C=O) groups is 2. The number of aromatic nitrogens is 1. The van der Waals surface area contributed by atoms with Crippen molar-refractivity contribution in [3.05, 3.63) is 138 Å². The Morgan fingerprint density at radius 1 is 0.632 bits per heavy atom. The molecule has 1 heterocycles. The van der Waals surface area contributed by atoms with Crippen molar-refractivity contribution in [1.29, 1.82) is 0 Å². The van der Waals surface area contributed by atoms with Crippen molar-refractivity contribution >= 4 is 23.1 Å². The van der Waals surface area contributed by atoms with Crippen LogP contribution in [0.2, 0.25) is 0 Å². The third-order valence-corrected chi connectivity index (χ3v) is 11.0. The summed E-state index contributed by atoms with van der Waals surface area (Å²) in [7, 11) is 8.12. The molecule has 1 aromatic heterocycles. The lowest BCUT2D eigenvalue weighted by atomic mass is 10.0. The topological polar surface area (TPSA) is 63.0 Å². The summed E-state index contributed by atoms with van der Waals surface area (Å²) < 4.78 is 14.2. The predicted molar refractivity (Wildman–Crippen MR) is 233 cm³/mol. The van der Waals surface area contributed by atoms with E-state index in [0.717, 1.165) is 74.6 Å². The Bertz CT molecular complexity index is 1940. The number of para-hydroxylation sites is 1. The SMILES string of the molecule is CCCCCN(C)C(=O)Oc1ccc(C(C)[N+](C)(C)CCc2ccccc2)cc1.CCCCCN(C)C(=O)Oc1ccc(C(C)[n+]2cccc3ccccc32)cc1. The first-order valence-corrected chi connectivity index (χ1v) is 20.7. The van der Waals surface area contributed by atoms with Gasteiger partial charge >= 0.3 is 12.2 Å². The summed E-state index contributed by atoms with van der Waals surface area (Å²) in [5, 5.41) is 1.22. The Balaban J connectivity index is 0.000000253. The molecule has 5 aromatic rings. The van der Waals surface area contributed by atoms with Gasteiger partial charge in [-0.2, -0.15) is 4.57 Å². The molecule has 57 heavy (non-hydrogen) atoms. The number of quaternary nitrogens is 1. The molecular formula is C49H66N4O4+2. The molecule has 0 fully saturated rings. The Hall–Kier alpha value is -5.21. The van der Waals surface area contributed by atoms with Crippen molar-refractivity contribution < 1.29 is 28.1 Å². The third kappa shape index (κ3) is 13.7. The summed E-state index contributed by atoms with van der Waals surface area (Å²) in [4.78, 5) is 27.7. The van der Waals surface area contributed by atoms with Crippen LogP contribution in [0.15, 0.2) is 121 Å². The zero-order chi connectivity index (χ0) is 41.2. The lowest BCUT2D eigenvalue weighted by Gasteiger charge is -2.36. The molecule has 5 rings (SSSR count). The van der Waals surface area contributed by atoms with E-state index >= 15 is 0 Å². The number of hydrogen-bond donors (Lipinski definition) is 0. The van der Waals surface area contributed by atoms with E-state index in [4.69, 9.17) is 9.47 Å². The third-order valence-electron chi connectivity index (χ3n) is 11.0. The highest BCUT2D eigenvalue weighted by Gasteiger charge is 2.26. The van der Waals surface area contributed by atoms with Gasteiger partial charge < -0.3 is 23.8 Å². The molecule has 0 radical (unpaired) electrons. The minimum atomic E-state index is -0.305. The number of pyridine rings is 1. The lowest BCUT2D eigenvalue weighted by molar-refractivity contribution is -0.919. The molecule has 0 N–H and O–H groups in total. The fraction of sp³-hybridized carbons (Fsp3) is 0.408. The van der Waals surface area contributed by atoms with Gasteiger partial charge in [0.2, 0.25) is 5.52 Å². The molecule has 2 unspecified atom stereocenters. The number of hydrogen-bond acceptors (Lipinski definition) is 4. The lowest BCUT2D eigenvalue weighted by Crippen LogP contribution is -2.43. The first-order chi connectivity index (χ1) is 27.4. The van der Waals surface area contributed by atoms with Crippen LogP contribution in [0.5, 0.6) is 11.5 Å². The summed E-state index contributed by atoms with van der Waals surface area (Å²) in [6.45, 7) is 11.3. The Labute approximate surface area is 342 Å². The molecule has 0 spiro atoms. The van der Waals surface area contributed by atoms with E-state index in [9.17, 15) is 9.59 Å². The Morgan fingerprint density at radius 3 is 1.67 bits per heavy atom. The molecule has 0 aliphatic rings. The van der Waals surface area contributed by atoms with Crippen molar-refractivity contribution in [3.63, 3.8) is 0 Å². The highest BCUT2D eigenvalue weighted by Crippen LogP contribution is 2.27. The number of fused-ring (bicyclic) bond motifs is 1. The van der Waals surface area contributed by atoms with Crippen LogP contribution in [-0.2, 0) is 6.42 Å². The highest BCUT2D eigenvalue weighted by atomic mass is 16.6. The summed E-state index contributed by atoms with van der Waals surface area (Å²) in [5.41, 5.74) is 4.98. The first-order valence-electron chi connectivity index (χ1n) is 20.7. The molecule has 2 atom stereocenters. The van der Waals surface area contributed by atoms with E-state index in [0.29, 0.717) is 17.5 Å². The van der Waals surface area contributed by atoms with Gasteiger partial charge in [-0.15, -0.1) is 0 Å². The maximum absolute atomic E-state index is 12.2. The number of amides is 2. The number of nitrogens with zero attached hydrogens (tertiary/aromatic N) is 4. The van der Waals surface area contributed by atoms with E-state index in [2.05, 4.69) is 131 Å². The van der Waals surface area contributed by atoms with Crippen LogP contribution < -0.4 is 14.0 Å². The Morgan fingerprint density at radius 2 is 1.12 bits per heavy atom. The number of rotatable bonds is 17. The molecule has 2 amide bonds. The second kappa shape index (κ2) is 22.5. The van der Waals surface area contributed by atoms with Gasteiger partial charge in [0.05, 0.1) is 20.6 Å². The van der Waals surface area contributed by atoms with Crippen LogP contribution in [-0.4, -0.2) is 74.3 Å². The fourth-order valence-corrected chi connectivity index (χ4v) is 6.71. The number of unbranched alkanes of at least 4 members (excludes halogenated alkanes) is 4. The summed E-state index contributed by atoms with van der Waals surface area (Å²) in [6, 6.07) is 39.5. The maximum atomic E-state index is 12.2. The molecule has 0 saturated heterocycles. The van der Waals surface area contributed by atoms with E-state index in [1.165, 1.54) is 22.0 Å². The fourth-order valence-electron chi connectivity index (χ4n) is 6.71. The monoisotopic (exact) mass is 775 g/mol. The summed E-state index contributed by atoms with van der Waals surface area (Å²) in [5.74, 6) is 1.18. The molecule has 0 bridgehead atoms. The minimum absolute atomic E-state index is 0.174. The highest BCUT2D eigenvalue weighted by molar-refractivity contribution is 5.75. The zero-order valence-electron chi connectivity index (χ0n) is 35.7. The Kier molecular flexibility index (Phi) is 17.6. The zero-order valence-corrected chi connectivity index (χ0v) is 35.7. The maximum Gasteiger partial charge on any atom is 0.414 e. The van der Waals surface area contributed by atoms with Crippen LogP contribution in [0.4, 0.5) is 9.59 Å². The van der Waals surface area contributed by atoms with E-state index < -0.39 is 0 Å². The normalized spacial score (nSPS) is 12.2. The smallest absolute Gasteiger partial charge is 0.410 e.